The van der Waals surface area contributed by atoms with Crippen molar-refractivity contribution in [3.8, 4) is 0 Å². The molecule has 0 saturated heterocycles. The Balaban J connectivity index is 1.77. The molecule has 1 aromatic heterocycles. The summed E-state index contributed by atoms with van der Waals surface area (Å²) in [6, 6.07) is 19.9. The van der Waals surface area contributed by atoms with Gasteiger partial charge in [-0.15, -0.1) is 11.3 Å². The number of nitrogens with zero attached hydrogens (tertiary/aromatic N) is 3. The molecule has 0 aliphatic heterocycles. The molecule has 2 amide bonds. The minimum absolute atomic E-state index is 0.00749. The van der Waals surface area contributed by atoms with Crippen LogP contribution in [0.25, 0.3) is 6.08 Å². The number of non-ortho nitro benzene ring substituents is 1. The fraction of sp³-hybridized carbons (Fsp3) is 0.310. The van der Waals surface area contributed by atoms with Gasteiger partial charge < -0.3 is 9.80 Å². The number of hydrogen-bond acceptors (Lipinski definition) is 5. The lowest BCUT2D eigenvalue weighted by Crippen LogP contribution is -2.43. The predicted molar refractivity (Wildman–Crippen MR) is 148 cm³/mol. The fourth-order valence-corrected chi connectivity index (χ4v) is 4.68. The number of rotatable bonds is 12. The molecule has 194 valence electrons. The molecular weight excluding hydrogens is 486 g/mol. The van der Waals surface area contributed by atoms with E-state index in [0.717, 1.165) is 16.9 Å². The van der Waals surface area contributed by atoms with E-state index < -0.39 is 4.92 Å². The topological polar surface area (TPSA) is 83.8 Å². The molecule has 3 aromatic rings. The van der Waals surface area contributed by atoms with Gasteiger partial charge >= 0.3 is 0 Å². The van der Waals surface area contributed by atoms with Crippen LogP contribution in [0.3, 0.4) is 0 Å². The first-order valence-electron chi connectivity index (χ1n) is 12.3. The third-order valence-electron chi connectivity index (χ3n) is 6.10. The third kappa shape index (κ3) is 8.68. The molecule has 1 atom stereocenters. The standard InChI is InChI=1S/C29H33N3O4S/c1-4-22(2)18-30(28(33)17-13-24-11-14-26(15-12-24)32(35)36)21-29(34)31(19-25-8-6-5-7-9-25)20-27-16-10-23(3)37-27/h5-17,22H,4,18-21H2,1-3H3. The highest BCUT2D eigenvalue weighted by molar-refractivity contribution is 7.11. The lowest BCUT2D eigenvalue weighted by molar-refractivity contribution is -0.384. The highest BCUT2D eigenvalue weighted by Gasteiger charge is 2.22. The van der Waals surface area contributed by atoms with Crippen LogP contribution in [-0.2, 0) is 22.7 Å². The van der Waals surface area contributed by atoms with Crippen LogP contribution in [0.5, 0.6) is 0 Å². The summed E-state index contributed by atoms with van der Waals surface area (Å²) in [6.07, 6.45) is 3.93. The molecule has 0 N–H and O–H groups in total. The van der Waals surface area contributed by atoms with E-state index in [0.29, 0.717) is 25.2 Å². The van der Waals surface area contributed by atoms with Gasteiger partial charge in [-0.05, 0) is 54.3 Å². The Morgan fingerprint density at radius 2 is 1.70 bits per heavy atom. The Labute approximate surface area is 222 Å². The summed E-state index contributed by atoms with van der Waals surface area (Å²) in [5.41, 5.74) is 1.70. The van der Waals surface area contributed by atoms with E-state index in [2.05, 4.69) is 13.8 Å². The predicted octanol–water partition coefficient (Wildman–Crippen LogP) is 6.08. The van der Waals surface area contributed by atoms with Crippen LogP contribution in [0.15, 0.2) is 72.8 Å². The highest BCUT2D eigenvalue weighted by Crippen LogP contribution is 2.19. The number of nitro benzene ring substituents is 1. The summed E-state index contributed by atoms with van der Waals surface area (Å²) in [4.78, 5) is 42.8. The van der Waals surface area contributed by atoms with E-state index in [1.165, 1.54) is 23.1 Å². The minimum Gasteiger partial charge on any atom is -0.332 e. The summed E-state index contributed by atoms with van der Waals surface area (Å²) >= 11 is 1.66. The number of aryl methyl sites for hydroxylation is 1. The molecule has 0 radical (unpaired) electrons. The maximum Gasteiger partial charge on any atom is 0.269 e. The van der Waals surface area contributed by atoms with Crippen molar-refractivity contribution in [3.63, 3.8) is 0 Å². The van der Waals surface area contributed by atoms with Crippen LogP contribution in [-0.4, -0.2) is 39.6 Å². The van der Waals surface area contributed by atoms with Crippen molar-refractivity contribution in [2.24, 2.45) is 5.92 Å². The maximum atomic E-state index is 13.6. The van der Waals surface area contributed by atoms with Gasteiger partial charge in [0.05, 0.1) is 11.5 Å². The molecule has 1 unspecified atom stereocenters. The van der Waals surface area contributed by atoms with Crippen molar-refractivity contribution >= 4 is 34.9 Å². The second-order valence-electron chi connectivity index (χ2n) is 9.16. The Kier molecular flexibility index (Phi) is 10.1. The average molecular weight is 520 g/mol. The van der Waals surface area contributed by atoms with Gasteiger partial charge in [0, 0.05) is 41.1 Å². The number of carbonyl (C=O) groups is 2. The average Bonchev–Trinajstić information content (AvgIpc) is 3.31. The first-order valence-corrected chi connectivity index (χ1v) is 13.1. The molecule has 8 heteroatoms. The molecule has 7 nitrogen and oxygen atoms in total. The molecule has 3 rings (SSSR count). The van der Waals surface area contributed by atoms with E-state index in [1.807, 2.05) is 49.4 Å². The van der Waals surface area contributed by atoms with Gasteiger partial charge in [0.25, 0.3) is 5.69 Å². The Hall–Kier alpha value is -3.78. The normalized spacial score (nSPS) is 11.9. The molecule has 2 aromatic carbocycles. The van der Waals surface area contributed by atoms with Crippen LogP contribution in [0.1, 0.15) is 41.1 Å². The molecule has 0 saturated carbocycles. The monoisotopic (exact) mass is 519 g/mol. The summed E-state index contributed by atoms with van der Waals surface area (Å²) in [5.74, 6) is -0.152. The Morgan fingerprint density at radius 1 is 1.00 bits per heavy atom. The van der Waals surface area contributed by atoms with Gasteiger partial charge in [0.15, 0.2) is 0 Å². The van der Waals surface area contributed by atoms with Gasteiger partial charge in [-0.1, -0.05) is 50.6 Å². The quantitative estimate of drug-likeness (QED) is 0.165. The van der Waals surface area contributed by atoms with Crippen molar-refractivity contribution in [1.29, 1.82) is 0 Å². The van der Waals surface area contributed by atoms with E-state index in [4.69, 9.17) is 0 Å². The van der Waals surface area contributed by atoms with Crippen LogP contribution < -0.4 is 0 Å². The Morgan fingerprint density at radius 3 is 2.30 bits per heavy atom. The zero-order valence-electron chi connectivity index (χ0n) is 21.5. The van der Waals surface area contributed by atoms with Crippen molar-refractivity contribution in [1.82, 2.24) is 9.80 Å². The van der Waals surface area contributed by atoms with Crippen molar-refractivity contribution in [2.75, 3.05) is 13.1 Å². The number of nitro groups is 1. The molecule has 0 fully saturated rings. The number of hydrogen-bond donors (Lipinski definition) is 0. The summed E-state index contributed by atoms with van der Waals surface area (Å²) in [6.45, 7) is 7.54. The van der Waals surface area contributed by atoms with E-state index >= 15 is 0 Å². The van der Waals surface area contributed by atoms with E-state index in [1.54, 1.807) is 39.3 Å². The number of benzene rings is 2. The smallest absolute Gasteiger partial charge is 0.269 e. The van der Waals surface area contributed by atoms with Crippen LogP contribution in [0, 0.1) is 23.0 Å². The van der Waals surface area contributed by atoms with Crippen LogP contribution >= 0.6 is 11.3 Å². The zero-order valence-corrected chi connectivity index (χ0v) is 22.3. The second kappa shape index (κ2) is 13.5. The van der Waals surface area contributed by atoms with Crippen LogP contribution in [0.4, 0.5) is 5.69 Å². The van der Waals surface area contributed by atoms with Gasteiger partial charge in [-0.3, -0.25) is 19.7 Å². The third-order valence-corrected chi connectivity index (χ3v) is 7.09. The Bertz CT molecular complexity index is 1220. The molecule has 0 spiro atoms. The lowest BCUT2D eigenvalue weighted by Gasteiger charge is -2.28. The number of thiophene rings is 1. The number of amides is 2. The maximum absolute atomic E-state index is 13.6. The summed E-state index contributed by atoms with van der Waals surface area (Å²) in [5, 5.41) is 10.9. The molecule has 0 bridgehead atoms. The first kappa shape index (κ1) is 27.8. The first-order chi connectivity index (χ1) is 17.7. The summed E-state index contributed by atoms with van der Waals surface area (Å²) < 4.78 is 0. The van der Waals surface area contributed by atoms with Crippen LogP contribution in [0.2, 0.25) is 0 Å². The van der Waals surface area contributed by atoms with Crippen molar-refractivity contribution in [3.05, 3.63) is 104 Å². The van der Waals surface area contributed by atoms with Gasteiger partial charge in [0.2, 0.25) is 11.8 Å². The van der Waals surface area contributed by atoms with E-state index in [-0.39, 0.29) is 30.0 Å². The molecule has 1 heterocycles. The molecular formula is C29H33N3O4S. The molecule has 0 aliphatic rings. The van der Waals surface area contributed by atoms with Gasteiger partial charge in [-0.2, -0.15) is 0 Å². The SMILES string of the molecule is CCC(C)CN(CC(=O)N(Cc1ccccc1)Cc1ccc(C)s1)C(=O)C=Cc1ccc([N+](=O)[O-])cc1. The summed E-state index contributed by atoms with van der Waals surface area (Å²) in [7, 11) is 0. The van der Waals surface area contributed by atoms with E-state index in [9.17, 15) is 19.7 Å². The van der Waals surface area contributed by atoms with Crippen molar-refractivity contribution in [2.45, 2.75) is 40.3 Å². The van der Waals surface area contributed by atoms with Gasteiger partial charge in [-0.25, -0.2) is 0 Å². The highest BCUT2D eigenvalue weighted by atomic mass is 32.1. The fourth-order valence-electron chi connectivity index (χ4n) is 3.78. The largest absolute Gasteiger partial charge is 0.332 e. The minimum atomic E-state index is -0.461. The second-order valence-corrected chi connectivity index (χ2v) is 10.5. The zero-order chi connectivity index (χ0) is 26.8. The number of carbonyl (C=O) groups excluding carboxylic acids is 2. The lowest BCUT2D eigenvalue weighted by atomic mass is 10.1. The van der Waals surface area contributed by atoms with Crippen molar-refractivity contribution < 1.29 is 14.5 Å². The molecule has 0 aliphatic carbocycles. The molecule has 37 heavy (non-hydrogen) atoms. The van der Waals surface area contributed by atoms with Gasteiger partial charge in [0.1, 0.15) is 6.54 Å².